The van der Waals surface area contributed by atoms with E-state index >= 15 is 0 Å². The molecule has 150 valence electrons. The molecule has 6 heteroatoms. The zero-order chi connectivity index (χ0) is 20.6. The summed E-state index contributed by atoms with van der Waals surface area (Å²) in [6.45, 7) is 3.15. The Morgan fingerprint density at radius 1 is 0.966 bits per heavy atom. The standard InChI is InChI=1S/C23H25N3O3/c1-16-6-4-5-7-18(16)14-24-22-11-9-19(15-25-22)23(27)26-13-17-8-10-20(28-2)21(12-17)29-3/h4-12,15H,13-14H2,1-3H3,(H,24,25)(H,26,27). The molecule has 0 bridgehead atoms. The normalized spacial score (nSPS) is 10.3. The zero-order valence-corrected chi connectivity index (χ0v) is 16.9. The molecule has 3 rings (SSSR count). The molecule has 2 aromatic carbocycles. The second kappa shape index (κ2) is 9.59. The number of hydrogen-bond donors (Lipinski definition) is 2. The molecule has 1 heterocycles. The smallest absolute Gasteiger partial charge is 0.253 e. The van der Waals surface area contributed by atoms with Crippen LogP contribution in [0.2, 0.25) is 0 Å². The lowest BCUT2D eigenvalue weighted by atomic mass is 10.1. The number of benzene rings is 2. The second-order valence-corrected chi connectivity index (χ2v) is 6.58. The maximum Gasteiger partial charge on any atom is 0.253 e. The van der Waals surface area contributed by atoms with E-state index in [0.29, 0.717) is 30.2 Å². The first kappa shape index (κ1) is 20.2. The van der Waals surface area contributed by atoms with Crippen molar-refractivity contribution in [1.82, 2.24) is 10.3 Å². The number of amides is 1. The average Bonchev–Trinajstić information content (AvgIpc) is 2.77. The fourth-order valence-corrected chi connectivity index (χ4v) is 2.90. The van der Waals surface area contributed by atoms with E-state index in [4.69, 9.17) is 9.47 Å². The lowest BCUT2D eigenvalue weighted by Gasteiger charge is -2.11. The Bertz CT molecular complexity index is 971. The molecule has 3 aromatic rings. The van der Waals surface area contributed by atoms with E-state index in [1.165, 1.54) is 11.1 Å². The molecule has 1 aromatic heterocycles. The third-order valence-corrected chi connectivity index (χ3v) is 4.65. The van der Waals surface area contributed by atoms with Gasteiger partial charge in [0.15, 0.2) is 11.5 Å². The van der Waals surface area contributed by atoms with E-state index in [0.717, 1.165) is 11.4 Å². The predicted molar refractivity (Wildman–Crippen MR) is 113 cm³/mol. The molecular weight excluding hydrogens is 366 g/mol. The van der Waals surface area contributed by atoms with Gasteiger partial charge in [0.1, 0.15) is 5.82 Å². The summed E-state index contributed by atoms with van der Waals surface area (Å²) < 4.78 is 10.5. The Labute approximate surface area is 170 Å². The molecular formula is C23H25N3O3. The van der Waals surface area contributed by atoms with Gasteiger partial charge in [-0.2, -0.15) is 0 Å². The number of methoxy groups -OCH3 is 2. The number of hydrogen-bond acceptors (Lipinski definition) is 5. The van der Waals surface area contributed by atoms with E-state index < -0.39 is 0 Å². The van der Waals surface area contributed by atoms with Crippen molar-refractivity contribution in [2.24, 2.45) is 0 Å². The number of rotatable bonds is 8. The monoisotopic (exact) mass is 391 g/mol. The van der Waals surface area contributed by atoms with Crippen molar-refractivity contribution < 1.29 is 14.3 Å². The summed E-state index contributed by atoms with van der Waals surface area (Å²) in [6.07, 6.45) is 1.57. The van der Waals surface area contributed by atoms with Gasteiger partial charge >= 0.3 is 0 Å². The van der Waals surface area contributed by atoms with E-state index in [9.17, 15) is 4.79 Å². The quantitative estimate of drug-likeness (QED) is 0.608. The summed E-state index contributed by atoms with van der Waals surface area (Å²) in [5, 5.41) is 6.17. The van der Waals surface area contributed by atoms with Crippen molar-refractivity contribution in [3.05, 3.63) is 83.0 Å². The maximum absolute atomic E-state index is 12.4. The highest BCUT2D eigenvalue weighted by Crippen LogP contribution is 2.27. The summed E-state index contributed by atoms with van der Waals surface area (Å²) in [5.74, 6) is 1.83. The van der Waals surface area contributed by atoms with Crippen LogP contribution in [0.25, 0.3) is 0 Å². The van der Waals surface area contributed by atoms with Crippen LogP contribution in [-0.2, 0) is 13.1 Å². The third-order valence-electron chi connectivity index (χ3n) is 4.65. The van der Waals surface area contributed by atoms with Crippen molar-refractivity contribution in [2.45, 2.75) is 20.0 Å². The van der Waals surface area contributed by atoms with Gasteiger partial charge in [-0.25, -0.2) is 4.98 Å². The van der Waals surface area contributed by atoms with Crippen LogP contribution in [0.3, 0.4) is 0 Å². The number of pyridine rings is 1. The first-order chi connectivity index (χ1) is 14.1. The van der Waals surface area contributed by atoms with Gasteiger partial charge in [0.25, 0.3) is 5.91 Å². The Morgan fingerprint density at radius 2 is 1.76 bits per heavy atom. The number of aromatic nitrogens is 1. The maximum atomic E-state index is 12.4. The first-order valence-corrected chi connectivity index (χ1v) is 9.34. The molecule has 0 atom stereocenters. The Morgan fingerprint density at radius 3 is 2.45 bits per heavy atom. The molecule has 0 aliphatic heterocycles. The molecule has 0 saturated carbocycles. The summed E-state index contributed by atoms with van der Waals surface area (Å²) in [4.78, 5) is 16.7. The van der Waals surface area contributed by atoms with Crippen molar-refractivity contribution in [3.63, 3.8) is 0 Å². The lowest BCUT2D eigenvalue weighted by molar-refractivity contribution is 0.0950. The van der Waals surface area contributed by atoms with Gasteiger partial charge in [-0.1, -0.05) is 30.3 Å². The number of carbonyl (C=O) groups excluding carboxylic acids is 1. The van der Waals surface area contributed by atoms with Crippen LogP contribution in [0, 0.1) is 6.92 Å². The second-order valence-electron chi connectivity index (χ2n) is 6.58. The minimum Gasteiger partial charge on any atom is -0.493 e. The highest BCUT2D eigenvalue weighted by Gasteiger charge is 2.09. The molecule has 0 saturated heterocycles. The number of aryl methyl sites for hydroxylation is 1. The summed E-state index contributed by atoms with van der Waals surface area (Å²) in [7, 11) is 3.17. The minimum atomic E-state index is -0.183. The highest BCUT2D eigenvalue weighted by molar-refractivity contribution is 5.94. The number of ether oxygens (including phenoxy) is 2. The molecule has 2 N–H and O–H groups in total. The van der Waals surface area contributed by atoms with Crippen LogP contribution in [0.4, 0.5) is 5.82 Å². The van der Waals surface area contributed by atoms with Gasteiger partial charge in [0, 0.05) is 19.3 Å². The molecule has 0 radical (unpaired) electrons. The number of nitrogens with zero attached hydrogens (tertiary/aromatic N) is 1. The van der Waals surface area contributed by atoms with E-state index in [2.05, 4.69) is 34.7 Å². The first-order valence-electron chi connectivity index (χ1n) is 9.34. The third kappa shape index (κ3) is 5.25. The SMILES string of the molecule is COc1ccc(CNC(=O)c2ccc(NCc3ccccc3C)nc2)cc1OC. The molecule has 0 aliphatic carbocycles. The average molecular weight is 391 g/mol. The van der Waals surface area contributed by atoms with Crippen LogP contribution in [-0.4, -0.2) is 25.1 Å². The minimum absolute atomic E-state index is 0.183. The summed E-state index contributed by atoms with van der Waals surface area (Å²) >= 11 is 0. The van der Waals surface area contributed by atoms with Crippen molar-refractivity contribution >= 4 is 11.7 Å². The Kier molecular flexibility index (Phi) is 6.68. The van der Waals surface area contributed by atoms with Crippen LogP contribution < -0.4 is 20.1 Å². The van der Waals surface area contributed by atoms with Crippen molar-refractivity contribution in [1.29, 1.82) is 0 Å². The molecule has 0 aliphatic rings. The van der Waals surface area contributed by atoms with Gasteiger partial charge < -0.3 is 20.1 Å². The van der Waals surface area contributed by atoms with Crippen molar-refractivity contribution in [2.75, 3.05) is 19.5 Å². The molecule has 1 amide bonds. The molecule has 29 heavy (non-hydrogen) atoms. The Hall–Kier alpha value is -3.54. The van der Waals surface area contributed by atoms with Gasteiger partial charge in [0.05, 0.1) is 19.8 Å². The van der Waals surface area contributed by atoms with Gasteiger partial charge in [-0.3, -0.25) is 4.79 Å². The molecule has 0 unspecified atom stereocenters. The van der Waals surface area contributed by atoms with Crippen LogP contribution in [0.5, 0.6) is 11.5 Å². The molecule has 6 nitrogen and oxygen atoms in total. The van der Waals surface area contributed by atoms with E-state index in [-0.39, 0.29) is 5.91 Å². The summed E-state index contributed by atoms with van der Waals surface area (Å²) in [6, 6.07) is 17.3. The topological polar surface area (TPSA) is 72.5 Å². The molecule has 0 fully saturated rings. The van der Waals surface area contributed by atoms with E-state index in [1.54, 1.807) is 26.5 Å². The van der Waals surface area contributed by atoms with Crippen LogP contribution in [0.1, 0.15) is 27.0 Å². The van der Waals surface area contributed by atoms with Gasteiger partial charge in [-0.05, 0) is 47.9 Å². The zero-order valence-electron chi connectivity index (χ0n) is 16.9. The number of nitrogens with one attached hydrogen (secondary N) is 2. The predicted octanol–water partition coefficient (Wildman–Crippen LogP) is 3.95. The summed E-state index contributed by atoms with van der Waals surface area (Å²) in [5.41, 5.74) is 3.87. The fraction of sp³-hybridized carbons (Fsp3) is 0.217. The van der Waals surface area contributed by atoms with Crippen LogP contribution >= 0.6 is 0 Å². The van der Waals surface area contributed by atoms with Gasteiger partial charge in [-0.15, -0.1) is 0 Å². The van der Waals surface area contributed by atoms with Crippen LogP contribution in [0.15, 0.2) is 60.8 Å². The highest BCUT2D eigenvalue weighted by atomic mass is 16.5. The fourth-order valence-electron chi connectivity index (χ4n) is 2.90. The van der Waals surface area contributed by atoms with Crippen molar-refractivity contribution in [3.8, 4) is 11.5 Å². The van der Waals surface area contributed by atoms with Gasteiger partial charge in [0.2, 0.25) is 0 Å². The largest absolute Gasteiger partial charge is 0.493 e. The van der Waals surface area contributed by atoms with E-state index in [1.807, 2.05) is 36.4 Å². The number of carbonyl (C=O) groups is 1. The number of anilines is 1. The lowest BCUT2D eigenvalue weighted by Crippen LogP contribution is -2.23. The Balaban J connectivity index is 1.55. The molecule has 0 spiro atoms.